The minimum Gasteiger partial charge on any atom is -0.263 e. The van der Waals surface area contributed by atoms with Crippen LogP contribution in [0.2, 0.25) is 0 Å². The van der Waals surface area contributed by atoms with Crippen LogP contribution in [-0.4, -0.2) is 15.2 Å². The number of nitrogens with one attached hydrogen (secondary N) is 1. The minimum atomic E-state index is -4.36. The lowest BCUT2D eigenvalue weighted by atomic mass is 10.1. The molecular weight excluding hydrogens is 257 g/mol. The van der Waals surface area contributed by atoms with E-state index in [1.165, 1.54) is 6.07 Å². The monoisotopic (exact) mass is 266 g/mol. The summed E-state index contributed by atoms with van der Waals surface area (Å²) in [5.41, 5.74) is -0.212. The molecule has 19 heavy (non-hydrogen) atoms. The summed E-state index contributed by atoms with van der Waals surface area (Å²) in [5, 5.41) is 14.9. The van der Waals surface area contributed by atoms with Crippen molar-refractivity contribution in [1.82, 2.24) is 15.2 Å². The molecule has 1 aromatic heterocycles. The van der Waals surface area contributed by atoms with Gasteiger partial charge in [0, 0.05) is 6.42 Å². The van der Waals surface area contributed by atoms with Crippen LogP contribution in [0.15, 0.2) is 24.3 Å². The molecule has 0 atom stereocenters. The van der Waals surface area contributed by atoms with Gasteiger partial charge in [-0.25, -0.2) is 4.98 Å². The second-order valence-corrected chi connectivity index (χ2v) is 3.91. The number of hydrogen-bond donors (Lipinski definition) is 1. The van der Waals surface area contributed by atoms with Gasteiger partial charge in [-0.2, -0.15) is 23.5 Å². The second-order valence-electron chi connectivity index (χ2n) is 3.91. The molecule has 0 fully saturated rings. The summed E-state index contributed by atoms with van der Waals surface area (Å²) in [7, 11) is 0. The highest BCUT2D eigenvalue weighted by atomic mass is 19.4. The van der Waals surface area contributed by atoms with Crippen LogP contribution in [-0.2, 0) is 19.0 Å². The fourth-order valence-corrected chi connectivity index (χ4v) is 1.61. The third-order valence-corrected chi connectivity index (χ3v) is 2.44. The Hall–Kier alpha value is -2.36. The first kappa shape index (κ1) is 13.1. The molecule has 2 aromatic rings. The lowest BCUT2D eigenvalue weighted by molar-refractivity contribution is -0.137. The molecule has 0 radical (unpaired) electrons. The molecule has 0 aliphatic carbocycles. The number of aromatic amines is 1. The van der Waals surface area contributed by atoms with E-state index in [1.807, 2.05) is 6.07 Å². The summed E-state index contributed by atoms with van der Waals surface area (Å²) in [6.07, 6.45) is -4.08. The first-order valence-electron chi connectivity index (χ1n) is 5.42. The molecule has 1 aromatic carbocycles. The number of alkyl halides is 3. The van der Waals surface area contributed by atoms with Gasteiger partial charge >= 0.3 is 6.18 Å². The maximum absolute atomic E-state index is 12.5. The highest BCUT2D eigenvalue weighted by molar-refractivity contribution is 5.27. The summed E-state index contributed by atoms with van der Waals surface area (Å²) in [5.74, 6) is 0.772. The molecule has 0 unspecified atom stereocenters. The van der Waals surface area contributed by atoms with Crippen LogP contribution in [0.5, 0.6) is 0 Å². The zero-order valence-corrected chi connectivity index (χ0v) is 9.70. The van der Waals surface area contributed by atoms with Gasteiger partial charge in [0.2, 0.25) is 0 Å². The maximum atomic E-state index is 12.5. The van der Waals surface area contributed by atoms with Crippen LogP contribution in [0.25, 0.3) is 0 Å². The number of H-pyrrole nitrogens is 1. The van der Waals surface area contributed by atoms with Crippen molar-refractivity contribution in [3.63, 3.8) is 0 Å². The van der Waals surface area contributed by atoms with E-state index in [-0.39, 0.29) is 12.8 Å². The molecule has 7 heteroatoms. The molecule has 0 spiro atoms. The fourth-order valence-electron chi connectivity index (χ4n) is 1.61. The predicted molar refractivity (Wildman–Crippen MR) is 59.9 cm³/mol. The number of nitriles is 1. The van der Waals surface area contributed by atoms with Crippen molar-refractivity contribution in [2.45, 2.75) is 19.0 Å². The minimum absolute atomic E-state index is 0.0685. The zero-order chi connectivity index (χ0) is 13.9. The molecule has 2 rings (SSSR count). The van der Waals surface area contributed by atoms with Crippen LogP contribution < -0.4 is 0 Å². The van der Waals surface area contributed by atoms with E-state index in [4.69, 9.17) is 5.26 Å². The average Bonchev–Trinajstić information content (AvgIpc) is 2.76. The molecular formula is C12H9F3N4. The Labute approximate surface area is 106 Å². The van der Waals surface area contributed by atoms with Gasteiger partial charge in [0.25, 0.3) is 0 Å². The van der Waals surface area contributed by atoms with Crippen LogP contribution in [0, 0.1) is 11.3 Å². The molecule has 0 amide bonds. The van der Waals surface area contributed by atoms with Crippen LogP contribution in [0.4, 0.5) is 13.2 Å². The zero-order valence-electron chi connectivity index (χ0n) is 9.70. The topological polar surface area (TPSA) is 65.4 Å². The molecule has 0 aliphatic rings. The Kier molecular flexibility index (Phi) is 3.51. The van der Waals surface area contributed by atoms with Gasteiger partial charge in [0.15, 0.2) is 5.82 Å². The highest BCUT2D eigenvalue weighted by Gasteiger charge is 2.30. The highest BCUT2D eigenvalue weighted by Crippen LogP contribution is 2.29. The van der Waals surface area contributed by atoms with E-state index in [0.29, 0.717) is 17.2 Å². The van der Waals surface area contributed by atoms with E-state index in [0.717, 1.165) is 12.1 Å². The van der Waals surface area contributed by atoms with Gasteiger partial charge in [-0.3, -0.25) is 5.10 Å². The first-order valence-corrected chi connectivity index (χ1v) is 5.42. The third-order valence-electron chi connectivity index (χ3n) is 2.44. The Balaban J connectivity index is 2.17. The molecule has 0 bridgehead atoms. The van der Waals surface area contributed by atoms with Gasteiger partial charge in [0.05, 0.1) is 18.1 Å². The summed E-state index contributed by atoms with van der Waals surface area (Å²) >= 11 is 0. The smallest absolute Gasteiger partial charge is 0.263 e. The molecule has 0 saturated carbocycles. The van der Waals surface area contributed by atoms with Crippen molar-refractivity contribution >= 4 is 0 Å². The van der Waals surface area contributed by atoms with Gasteiger partial charge in [-0.1, -0.05) is 18.2 Å². The van der Waals surface area contributed by atoms with Crippen molar-refractivity contribution in [3.8, 4) is 6.07 Å². The SMILES string of the molecule is N#CCc1n[nH]c(Cc2cccc(C(F)(F)F)c2)n1. The second kappa shape index (κ2) is 5.10. The largest absolute Gasteiger partial charge is 0.416 e. The van der Waals surface area contributed by atoms with Gasteiger partial charge in [-0.05, 0) is 11.6 Å². The standard InChI is InChI=1S/C12H9F3N4/c13-12(14,15)9-3-1-2-8(6-9)7-11-17-10(4-5-16)18-19-11/h1-3,6H,4,7H2,(H,17,18,19). The van der Waals surface area contributed by atoms with Crippen LogP contribution >= 0.6 is 0 Å². The van der Waals surface area contributed by atoms with Crippen LogP contribution in [0.3, 0.4) is 0 Å². The number of nitrogens with zero attached hydrogens (tertiary/aromatic N) is 3. The van der Waals surface area contributed by atoms with Crippen molar-refractivity contribution < 1.29 is 13.2 Å². The number of halogens is 3. The average molecular weight is 266 g/mol. The Bertz CT molecular complexity index is 610. The number of aromatic nitrogens is 3. The summed E-state index contributed by atoms with van der Waals surface area (Å²) < 4.78 is 37.6. The van der Waals surface area contributed by atoms with Gasteiger partial charge in [0.1, 0.15) is 5.82 Å². The summed E-state index contributed by atoms with van der Waals surface area (Å²) in [4.78, 5) is 4.02. The summed E-state index contributed by atoms with van der Waals surface area (Å²) in [6.45, 7) is 0. The number of hydrogen-bond acceptors (Lipinski definition) is 3. The van der Waals surface area contributed by atoms with Crippen molar-refractivity contribution in [2.24, 2.45) is 0 Å². The first-order chi connectivity index (χ1) is 8.99. The molecule has 98 valence electrons. The molecule has 1 heterocycles. The molecule has 4 nitrogen and oxygen atoms in total. The van der Waals surface area contributed by atoms with Crippen molar-refractivity contribution in [2.75, 3.05) is 0 Å². The molecule has 1 N–H and O–H groups in total. The number of benzene rings is 1. The summed E-state index contributed by atoms with van der Waals surface area (Å²) in [6, 6.07) is 6.93. The van der Waals surface area contributed by atoms with Crippen LogP contribution in [0.1, 0.15) is 22.8 Å². The van der Waals surface area contributed by atoms with Gasteiger partial charge < -0.3 is 0 Å². The Morgan fingerprint density at radius 1 is 1.32 bits per heavy atom. The van der Waals surface area contributed by atoms with E-state index in [9.17, 15) is 13.2 Å². The third kappa shape index (κ3) is 3.31. The fraction of sp³-hybridized carbons (Fsp3) is 0.250. The lowest BCUT2D eigenvalue weighted by Crippen LogP contribution is -2.05. The Morgan fingerprint density at radius 2 is 2.11 bits per heavy atom. The molecule has 0 saturated heterocycles. The number of rotatable bonds is 3. The van der Waals surface area contributed by atoms with E-state index >= 15 is 0 Å². The van der Waals surface area contributed by atoms with Gasteiger partial charge in [-0.15, -0.1) is 0 Å². The molecule has 0 aliphatic heterocycles. The van der Waals surface area contributed by atoms with E-state index < -0.39 is 11.7 Å². The quantitative estimate of drug-likeness (QED) is 0.928. The van der Waals surface area contributed by atoms with Crippen molar-refractivity contribution in [3.05, 3.63) is 47.0 Å². The van der Waals surface area contributed by atoms with E-state index in [2.05, 4.69) is 15.2 Å². The lowest BCUT2D eigenvalue weighted by Gasteiger charge is -2.07. The Morgan fingerprint density at radius 3 is 2.79 bits per heavy atom. The maximum Gasteiger partial charge on any atom is 0.416 e. The predicted octanol–water partition coefficient (Wildman–Crippen LogP) is 2.48. The normalized spacial score (nSPS) is 11.3. The van der Waals surface area contributed by atoms with E-state index in [1.54, 1.807) is 6.07 Å². The van der Waals surface area contributed by atoms with Crippen molar-refractivity contribution in [1.29, 1.82) is 5.26 Å².